The third-order valence-electron chi connectivity index (χ3n) is 6.90. The minimum Gasteiger partial charge on any atom is -0.481 e. The molecule has 9 heteroatoms. The zero-order valence-corrected chi connectivity index (χ0v) is 16.9. The van der Waals surface area contributed by atoms with Crippen LogP contribution in [0.4, 0.5) is 10.2 Å². The number of nitriles is 1. The lowest BCUT2D eigenvalue weighted by Gasteiger charge is -2.47. The SMILES string of the molecule is Cc1c(F)c(NC2C3CCC(CC3)[C@H]2C(=O)O)nc(-c2c[nH]c3ncncc23)c1C#N. The molecule has 0 radical (unpaired) electrons. The van der Waals surface area contributed by atoms with Crippen molar-refractivity contribution in [3.63, 3.8) is 0 Å². The summed E-state index contributed by atoms with van der Waals surface area (Å²) >= 11 is 0. The number of hydrogen-bond acceptors (Lipinski definition) is 6. The van der Waals surface area contributed by atoms with E-state index in [0.717, 1.165) is 25.7 Å². The molecular formula is C22H21FN6O2. The number of carboxylic acids is 1. The molecule has 0 aromatic carbocycles. The molecule has 0 saturated heterocycles. The number of fused-ring (bicyclic) bond motifs is 4. The monoisotopic (exact) mass is 420 g/mol. The van der Waals surface area contributed by atoms with Crippen molar-refractivity contribution in [2.24, 2.45) is 17.8 Å². The second kappa shape index (κ2) is 7.30. The van der Waals surface area contributed by atoms with Crippen LogP contribution in [-0.2, 0) is 4.79 Å². The summed E-state index contributed by atoms with van der Waals surface area (Å²) < 4.78 is 15.3. The number of nitrogens with zero attached hydrogens (tertiary/aromatic N) is 4. The van der Waals surface area contributed by atoms with Gasteiger partial charge < -0.3 is 15.4 Å². The average molecular weight is 420 g/mol. The van der Waals surface area contributed by atoms with E-state index in [1.807, 2.05) is 0 Å². The molecule has 3 aliphatic rings. The van der Waals surface area contributed by atoms with E-state index in [-0.39, 0.29) is 28.8 Å². The Morgan fingerprint density at radius 3 is 2.77 bits per heavy atom. The molecule has 3 saturated carbocycles. The Morgan fingerprint density at radius 2 is 2.06 bits per heavy atom. The third kappa shape index (κ3) is 3.02. The van der Waals surface area contributed by atoms with Gasteiger partial charge in [-0.15, -0.1) is 0 Å². The molecule has 3 fully saturated rings. The van der Waals surface area contributed by atoms with Crippen LogP contribution in [0.25, 0.3) is 22.3 Å². The molecule has 8 nitrogen and oxygen atoms in total. The fraction of sp³-hybridized carbons (Fsp3) is 0.409. The second-order valence-corrected chi connectivity index (χ2v) is 8.43. The zero-order chi connectivity index (χ0) is 21.7. The molecule has 0 amide bonds. The predicted molar refractivity (Wildman–Crippen MR) is 111 cm³/mol. The van der Waals surface area contributed by atoms with Gasteiger partial charge in [0.15, 0.2) is 11.6 Å². The smallest absolute Gasteiger partial charge is 0.308 e. The number of aromatic amines is 1. The van der Waals surface area contributed by atoms with Crippen LogP contribution < -0.4 is 5.32 Å². The highest BCUT2D eigenvalue weighted by atomic mass is 19.1. The van der Waals surface area contributed by atoms with Crippen LogP contribution in [0.3, 0.4) is 0 Å². The Morgan fingerprint density at radius 1 is 1.32 bits per heavy atom. The maximum absolute atomic E-state index is 15.3. The van der Waals surface area contributed by atoms with E-state index in [1.54, 1.807) is 12.4 Å². The third-order valence-corrected chi connectivity index (χ3v) is 6.90. The maximum atomic E-state index is 15.3. The molecule has 3 aromatic rings. The minimum absolute atomic E-state index is 0.0125. The van der Waals surface area contributed by atoms with Crippen LogP contribution in [0, 0.1) is 41.8 Å². The molecule has 31 heavy (non-hydrogen) atoms. The fourth-order valence-electron chi connectivity index (χ4n) is 5.34. The van der Waals surface area contributed by atoms with Gasteiger partial charge in [0.2, 0.25) is 0 Å². The van der Waals surface area contributed by atoms with Crippen LogP contribution in [0.1, 0.15) is 36.8 Å². The number of aliphatic carboxylic acids is 1. The Bertz CT molecular complexity index is 1220. The molecule has 1 unspecified atom stereocenters. The quantitative estimate of drug-likeness (QED) is 0.588. The van der Waals surface area contributed by atoms with E-state index >= 15 is 4.39 Å². The van der Waals surface area contributed by atoms with Crippen molar-refractivity contribution in [2.75, 3.05) is 5.32 Å². The van der Waals surface area contributed by atoms with Crippen molar-refractivity contribution in [1.29, 1.82) is 5.26 Å². The van der Waals surface area contributed by atoms with Crippen molar-refractivity contribution in [2.45, 2.75) is 38.6 Å². The molecule has 3 heterocycles. The highest BCUT2D eigenvalue weighted by Gasteiger charge is 2.47. The van der Waals surface area contributed by atoms with Gasteiger partial charge in [0.25, 0.3) is 0 Å². The van der Waals surface area contributed by atoms with Gasteiger partial charge in [0, 0.05) is 34.9 Å². The lowest BCUT2D eigenvalue weighted by molar-refractivity contribution is -0.148. The van der Waals surface area contributed by atoms with E-state index < -0.39 is 23.7 Å². The van der Waals surface area contributed by atoms with E-state index in [2.05, 4.69) is 31.3 Å². The fourth-order valence-corrected chi connectivity index (χ4v) is 5.34. The molecule has 0 aliphatic heterocycles. The molecule has 3 N–H and O–H groups in total. The lowest BCUT2D eigenvalue weighted by atomic mass is 9.61. The van der Waals surface area contributed by atoms with Crippen LogP contribution in [-0.4, -0.2) is 37.1 Å². The first kappa shape index (κ1) is 19.4. The van der Waals surface area contributed by atoms with Gasteiger partial charge in [-0.1, -0.05) is 0 Å². The van der Waals surface area contributed by atoms with E-state index in [4.69, 9.17) is 0 Å². The molecule has 0 spiro atoms. The van der Waals surface area contributed by atoms with Crippen LogP contribution in [0.5, 0.6) is 0 Å². The standard InChI is InChI=1S/C22H21FN6O2/c1-10-13(6-24)19(14-8-26-20-15(14)7-25-9-27-20)29-21(17(10)23)28-18-12-4-2-11(3-5-12)16(18)22(30)31/h7-9,11-12,16,18H,2-5H2,1H3,(H,28,29)(H,30,31)(H,25,26,27)/t11?,12?,16-,18?/m1/s1. The molecule has 3 aliphatic carbocycles. The average Bonchev–Trinajstić information content (AvgIpc) is 3.21. The van der Waals surface area contributed by atoms with Gasteiger partial charge in [0.05, 0.1) is 17.2 Å². The Balaban J connectivity index is 1.62. The number of rotatable bonds is 4. The van der Waals surface area contributed by atoms with Crippen molar-refractivity contribution >= 4 is 22.8 Å². The number of carboxylic acid groups (broad SMARTS) is 1. The molecule has 2 atom stereocenters. The van der Waals surface area contributed by atoms with Gasteiger partial charge >= 0.3 is 5.97 Å². The van der Waals surface area contributed by atoms with Crippen molar-refractivity contribution in [3.8, 4) is 17.3 Å². The number of H-pyrrole nitrogens is 1. The van der Waals surface area contributed by atoms with Crippen LogP contribution in [0.15, 0.2) is 18.7 Å². The largest absolute Gasteiger partial charge is 0.481 e. The summed E-state index contributed by atoms with van der Waals surface area (Å²) in [5, 5.41) is 23.3. The Hall–Kier alpha value is -3.54. The zero-order valence-electron chi connectivity index (χ0n) is 16.9. The summed E-state index contributed by atoms with van der Waals surface area (Å²) in [6.07, 6.45) is 8.33. The summed E-state index contributed by atoms with van der Waals surface area (Å²) in [6.45, 7) is 1.54. The molecule has 3 aromatic heterocycles. The van der Waals surface area contributed by atoms with Gasteiger partial charge in [-0.05, 0) is 44.4 Å². The van der Waals surface area contributed by atoms with Gasteiger partial charge in [-0.25, -0.2) is 19.3 Å². The number of halogens is 1. The first-order chi connectivity index (χ1) is 15.0. The molecular weight excluding hydrogens is 399 g/mol. The summed E-state index contributed by atoms with van der Waals surface area (Å²) in [6, 6.07) is 1.67. The number of carbonyl (C=O) groups is 1. The molecule has 6 rings (SSSR count). The number of aromatic nitrogens is 4. The summed E-state index contributed by atoms with van der Waals surface area (Å²) in [4.78, 5) is 27.7. The topological polar surface area (TPSA) is 128 Å². The van der Waals surface area contributed by atoms with E-state index in [9.17, 15) is 15.2 Å². The number of hydrogen-bond donors (Lipinski definition) is 3. The van der Waals surface area contributed by atoms with Crippen LogP contribution in [0.2, 0.25) is 0 Å². The van der Waals surface area contributed by atoms with E-state index in [0.29, 0.717) is 22.3 Å². The Labute approximate surface area is 177 Å². The second-order valence-electron chi connectivity index (χ2n) is 8.43. The number of pyridine rings is 1. The maximum Gasteiger partial charge on any atom is 0.308 e. The lowest BCUT2D eigenvalue weighted by Crippen LogP contribution is -2.51. The first-order valence-corrected chi connectivity index (χ1v) is 10.4. The van der Waals surface area contributed by atoms with Crippen molar-refractivity contribution in [3.05, 3.63) is 35.7 Å². The Kier molecular flexibility index (Phi) is 4.58. The summed E-state index contributed by atoms with van der Waals surface area (Å²) in [5.74, 6) is -1.81. The number of nitrogens with one attached hydrogen (secondary N) is 2. The number of anilines is 1. The summed E-state index contributed by atoms with van der Waals surface area (Å²) in [5.41, 5.74) is 1.81. The highest BCUT2D eigenvalue weighted by molar-refractivity contribution is 5.93. The van der Waals surface area contributed by atoms with Crippen molar-refractivity contribution < 1.29 is 14.3 Å². The normalized spacial score (nSPS) is 24.8. The van der Waals surface area contributed by atoms with Gasteiger partial charge in [-0.3, -0.25) is 4.79 Å². The first-order valence-electron chi connectivity index (χ1n) is 10.4. The predicted octanol–water partition coefficient (Wildman–Crippen LogP) is 3.64. The summed E-state index contributed by atoms with van der Waals surface area (Å²) in [7, 11) is 0. The van der Waals surface area contributed by atoms with E-state index in [1.165, 1.54) is 13.3 Å². The van der Waals surface area contributed by atoms with Crippen molar-refractivity contribution in [1.82, 2.24) is 19.9 Å². The highest BCUT2D eigenvalue weighted by Crippen LogP contribution is 2.46. The minimum atomic E-state index is -0.855. The van der Waals surface area contributed by atoms with Gasteiger partial charge in [-0.2, -0.15) is 5.26 Å². The van der Waals surface area contributed by atoms with Crippen LogP contribution >= 0.6 is 0 Å². The molecule has 2 bridgehead atoms. The molecule has 158 valence electrons. The van der Waals surface area contributed by atoms with Gasteiger partial charge in [0.1, 0.15) is 18.0 Å².